The van der Waals surface area contributed by atoms with Crippen LogP contribution in [0, 0.1) is 17.3 Å². The third-order valence-electron chi connectivity index (χ3n) is 7.70. The second-order valence-electron chi connectivity index (χ2n) is 10.3. The molecule has 3 aromatic rings. The summed E-state index contributed by atoms with van der Waals surface area (Å²) in [6.07, 6.45) is -10.2. The second kappa shape index (κ2) is 12.7. The van der Waals surface area contributed by atoms with Crippen molar-refractivity contribution in [2.24, 2.45) is 5.41 Å². The maximum Gasteiger partial charge on any atom is 0.416 e. The van der Waals surface area contributed by atoms with E-state index < -0.39 is 46.7 Å². The molecule has 0 aliphatic carbocycles. The first kappa shape index (κ1) is 31.9. The van der Waals surface area contributed by atoms with Gasteiger partial charge in [0.1, 0.15) is 11.9 Å². The zero-order chi connectivity index (χ0) is 30.7. The van der Waals surface area contributed by atoms with E-state index in [1.807, 2.05) is 0 Å². The van der Waals surface area contributed by atoms with Crippen molar-refractivity contribution in [2.75, 3.05) is 20.2 Å². The summed E-state index contributed by atoms with van der Waals surface area (Å²) in [5.74, 6) is 5.41. The Morgan fingerprint density at radius 2 is 1.69 bits per heavy atom. The molecule has 2 heterocycles. The van der Waals surface area contributed by atoms with Gasteiger partial charge in [-0.2, -0.15) is 26.3 Å². The van der Waals surface area contributed by atoms with Gasteiger partial charge in [0.05, 0.1) is 34.9 Å². The quantitative estimate of drug-likeness (QED) is 0.209. The zero-order valence-electron chi connectivity index (χ0n) is 22.5. The average molecular weight is 617 g/mol. The molecule has 2 N–H and O–H groups in total. The van der Waals surface area contributed by atoms with Crippen LogP contribution in [0.25, 0.3) is 10.9 Å². The van der Waals surface area contributed by atoms with Gasteiger partial charge in [-0.3, -0.25) is 4.98 Å². The lowest BCUT2D eigenvalue weighted by molar-refractivity contribution is -0.143. The number of halogens is 8. The van der Waals surface area contributed by atoms with E-state index in [2.05, 4.69) is 22.1 Å². The number of ether oxygens (including phenoxy) is 1. The Labute approximate surface area is 243 Å². The smallest absolute Gasteiger partial charge is 0.416 e. The van der Waals surface area contributed by atoms with E-state index in [0.29, 0.717) is 54.7 Å². The summed E-state index contributed by atoms with van der Waals surface area (Å²) < 4.78 is 100. The number of aliphatic hydroxyl groups excluding tert-OH is 1. The van der Waals surface area contributed by atoms with Crippen LogP contribution in [0.3, 0.4) is 0 Å². The first-order chi connectivity index (χ1) is 19.7. The fraction of sp³-hybridized carbons (Fsp3) is 0.433. The van der Waals surface area contributed by atoms with Crippen molar-refractivity contribution < 1.29 is 40.6 Å². The molecule has 1 aromatic heterocycles. The van der Waals surface area contributed by atoms with E-state index in [4.69, 9.17) is 16.3 Å². The lowest BCUT2D eigenvalue weighted by Gasteiger charge is -2.41. The number of pyridine rings is 1. The Balaban J connectivity index is 1.55. The summed E-state index contributed by atoms with van der Waals surface area (Å²) in [4.78, 5) is 4.24. The van der Waals surface area contributed by atoms with Crippen molar-refractivity contribution in [3.05, 3.63) is 69.9 Å². The summed E-state index contributed by atoms with van der Waals surface area (Å²) >= 11 is 6.36. The van der Waals surface area contributed by atoms with Gasteiger partial charge in [-0.05, 0) is 80.6 Å². The van der Waals surface area contributed by atoms with Gasteiger partial charge in [0, 0.05) is 29.1 Å². The number of nitrogens with one attached hydrogen (secondary N) is 1. The van der Waals surface area contributed by atoms with Crippen molar-refractivity contribution in [3.8, 4) is 17.6 Å². The second-order valence-corrected chi connectivity index (χ2v) is 10.7. The van der Waals surface area contributed by atoms with Crippen molar-refractivity contribution in [1.29, 1.82) is 0 Å². The predicted molar refractivity (Wildman–Crippen MR) is 145 cm³/mol. The van der Waals surface area contributed by atoms with E-state index in [-0.39, 0.29) is 35.9 Å². The van der Waals surface area contributed by atoms with Crippen LogP contribution in [0.4, 0.5) is 30.7 Å². The number of fused-ring (bicyclic) bond motifs is 1. The SMILES string of the molecule is COc1ccc2ncc(Cl)c([C@H](F)CCC3([C@@H](O)CC#Cc4cc(C(F)(F)F)cc(C(F)(F)F)c4)CCNCC3)c2c1. The molecule has 1 aliphatic heterocycles. The molecule has 0 unspecified atom stereocenters. The van der Waals surface area contributed by atoms with Crippen molar-refractivity contribution >= 4 is 22.5 Å². The number of hydrogen-bond acceptors (Lipinski definition) is 4. The highest BCUT2D eigenvalue weighted by Crippen LogP contribution is 2.44. The fourth-order valence-electron chi connectivity index (χ4n) is 5.34. The van der Waals surface area contributed by atoms with Crippen LogP contribution >= 0.6 is 11.6 Å². The third kappa shape index (κ3) is 7.28. The van der Waals surface area contributed by atoms with Gasteiger partial charge in [-0.15, -0.1) is 0 Å². The van der Waals surface area contributed by atoms with Gasteiger partial charge in [0.25, 0.3) is 0 Å². The average Bonchev–Trinajstić information content (AvgIpc) is 2.95. The summed E-state index contributed by atoms with van der Waals surface area (Å²) in [6.45, 7) is 1.08. The normalized spacial score (nSPS) is 16.9. The monoisotopic (exact) mass is 616 g/mol. The molecule has 4 nitrogen and oxygen atoms in total. The Morgan fingerprint density at radius 1 is 1.05 bits per heavy atom. The minimum absolute atomic E-state index is 0.00308. The molecular formula is C30H28ClF7N2O2. The minimum atomic E-state index is -4.99. The zero-order valence-corrected chi connectivity index (χ0v) is 23.2. The first-order valence-corrected chi connectivity index (χ1v) is 13.5. The highest BCUT2D eigenvalue weighted by Gasteiger charge is 2.40. The van der Waals surface area contributed by atoms with E-state index in [0.717, 1.165) is 0 Å². The lowest BCUT2D eigenvalue weighted by Crippen LogP contribution is -2.44. The van der Waals surface area contributed by atoms with Crippen molar-refractivity contribution in [3.63, 3.8) is 0 Å². The Hall–Kier alpha value is -3.07. The molecule has 0 radical (unpaired) electrons. The van der Waals surface area contributed by atoms with Gasteiger partial charge in [-0.25, -0.2) is 4.39 Å². The molecule has 226 valence electrons. The molecule has 0 saturated carbocycles. The molecule has 0 amide bonds. The number of aliphatic hydroxyl groups is 1. The van der Waals surface area contributed by atoms with Crippen LogP contribution in [0.2, 0.25) is 5.02 Å². The van der Waals surface area contributed by atoms with Gasteiger partial charge in [0.15, 0.2) is 0 Å². The number of aromatic nitrogens is 1. The van der Waals surface area contributed by atoms with E-state index in [1.165, 1.54) is 13.3 Å². The summed E-state index contributed by atoms with van der Waals surface area (Å²) in [5, 5.41) is 15.0. The van der Waals surface area contributed by atoms with Gasteiger partial charge < -0.3 is 15.2 Å². The van der Waals surface area contributed by atoms with Gasteiger partial charge in [-0.1, -0.05) is 23.4 Å². The van der Waals surface area contributed by atoms with Crippen LogP contribution in [-0.4, -0.2) is 36.4 Å². The lowest BCUT2D eigenvalue weighted by atomic mass is 9.69. The van der Waals surface area contributed by atoms with Crippen LogP contribution in [-0.2, 0) is 12.4 Å². The third-order valence-corrected chi connectivity index (χ3v) is 8.00. The van der Waals surface area contributed by atoms with Crippen LogP contribution in [0.15, 0.2) is 42.6 Å². The molecule has 1 fully saturated rings. The molecule has 4 rings (SSSR count). The molecule has 1 saturated heterocycles. The van der Waals surface area contributed by atoms with Gasteiger partial charge >= 0.3 is 12.4 Å². The largest absolute Gasteiger partial charge is 0.497 e. The molecule has 0 bridgehead atoms. The molecular weight excluding hydrogens is 589 g/mol. The molecule has 2 aromatic carbocycles. The highest BCUT2D eigenvalue weighted by atomic mass is 35.5. The molecule has 12 heteroatoms. The highest BCUT2D eigenvalue weighted by molar-refractivity contribution is 6.32. The topological polar surface area (TPSA) is 54.4 Å². The minimum Gasteiger partial charge on any atom is -0.497 e. The number of methoxy groups -OCH3 is 1. The number of alkyl halides is 7. The van der Waals surface area contributed by atoms with E-state index >= 15 is 4.39 Å². The molecule has 42 heavy (non-hydrogen) atoms. The van der Waals surface area contributed by atoms with E-state index in [1.54, 1.807) is 18.2 Å². The van der Waals surface area contributed by atoms with Crippen LogP contribution in [0.1, 0.15) is 60.5 Å². The van der Waals surface area contributed by atoms with Crippen LogP contribution < -0.4 is 10.1 Å². The fourth-order valence-corrected chi connectivity index (χ4v) is 5.61. The molecule has 0 spiro atoms. The number of hydrogen-bond donors (Lipinski definition) is 2. The van der Waals surface area contributed by atoms with Crippen molar-refractivity contribution in [1.82, 2.24) is 10.3 Å². The Bertz CT molecular complexity index is 1440. The maximum atomic E-state index is 15.8. The number of piperidine rings is 1. The number of rotatable bonds is 7. The standard InChI is InChI=1S/C30H28ClF7N2O2/c1-42-21-5-6-25-22(16-21)27(23(31)17-40-25)24(32)7-8-28(9-11-39-12-10-28)26(41)4-2-3-18-13-19(29(33,34)35)15-20(14-18)30(36,37)38/h5-6,13-17,24,26,39,41H,4,7-12H2,1H3/t24-,26+/m1/s1. The number of benzene rings is 2. The Kier molecular flexibility index (Phi) is 9.60. The molecule has 1 aliphatic rings. The van der Waals surface area contributed by atoms with Gasteiger partial charge in [0.2, 0.25) is 0 Å². The summed E-state index contributed by atoms with van der Waals surface area (Å²) in [5.41, 5.74) is -3.39. The molecule has 2 atom stereocenters. The van der Waals surface area contributed by atoms with Crippen LogP contribution in [0.5, 0.6) is 5.75 Å². The Morgan fingerprint density at radius 3 is 2.29 bits per heavy atom. The number of nitrogens with zero attached hydrogens (tertiary/aromatic N) is 1. The summed E-state index contributed by atoms with van der Waals surface area (Å²) in [7, 11) is 1.49. The first-order valence-electron chi connectivity index (χ1n) is 13.2. The summed E-state index contributed by atoms with van der Waals surface area (Å²) in [6, 6.07) is 6.16. The van der Waals surface area contributed by atoms with Crippen molar-refractivity contribution in [2.45, 2.75) is 56.7 Å². The maximum absolute atomic E-state index is 15.8. The van der Waals surface area contributed by atoms with E-state index in [9.17, 15) is 31.4 Å². The predicted octanol–water partition coefficient (Wildman–Crippen LogP) is 7.90.